The van der Waals surface area contributed by atoms with E-state index in [2.05, 4.69) is 0 Å². The third kappa shape index (κ3) is 3.78. The molecule has 0 saturated carbocycles. The molecule has 21 heavy (non-hydrogen) atoms. The van der Waals surface area contributed by atoms with Crippen LogP contribution in [0.4, 0.5) is 8.78 Å². The van der Waals surface area contributed by atoms with E-state index < -0.39 is 38.7 Å². The Morgan fingerprint density at radius 1 is 1.24 bits per heavy atom. The van der Waals surface area contributed by atoms with Gasteiger partial charge in [0.25, 0.3) is 0 Å². The Bertz CT molecular complexity index is 602. The molecule has 0 saturated heterocycles. The first-order valence-corrected chi connectivity index (χ1v) is 8.12. The van der Waals surface area contributed by atoms with E-state index in [0.717, 1.165) is 16.4 Å². The Labute approximate surface area is 124 Å². The number of halogens is 2. The van der Waals surface area contributed by atoms with E-state index in [1.54, 1.807) is 6.92 Å². The smallest absolute Gasteiger partial charge is 0.245 e. The topological polar surface area (TPSA) is 57.6 Å². The quantitative estimate of drug-likeness (QED) is 0.876. The summed E-state index contributed by atoms with van der Waals surface area (Å²) in [5.41, 5.74) is -0.638. The van der Waals surface area contributed by atoms with Crippen LogP contribution in [-0.4, -0.2) is 30.9 Å². The highest BCUT2D eigenvalue weighted by atomic mass is 32.2. The van der Waals surface area contributed by atoms with E-state index >= 15 is 0 Å². The Morgan fingerprint density at radius 2 is 1.81 bits per heavy atom. The van der Waals surface area contributed by atoms with Gasteiger partial charge in [-0.25, -0.2) is 17.2 Å². The molecule has 0 amide bonds. The average molecular weight is 321 g/mol. The lowest BCUT2D eigenvalue weighted by molar-refractivity contribution is 0.267. The van der Waals surface area contributed by atoms with Crippen LogP contribution < -0.4 is 0 Å². The molecule has 1 unspecified atom stereocenters. The van der Waals surface area contributed by atoms with Crippen LogP contribution >= 0.6 is 0 Å². The molecule has 0 aliphatic rings. The summed E-state index contributed by atoms with van der Waals surface area (Å²) in [6.07, 6.45) is 0.616. The summed E-state index contributed by atoms with van der Waals surface area (Å²) in [4.78, 5) is -0.619. The summed E-state index contributed by atoms with van der Waals surface area (Å²) in [5, 5.41) is 8.97. The lowest BCUT2D eigenvalue weighted by Crippen LogP contribution is -2.36. The summed E-state index contributed by atoms with van der Waals surface area (Å²) in [5.74, 6) is -1.92. The summed E-state index contributed by atoms with van der Waals surface area (Å²) in [6, 6.07) is 1.41. The van der Waals surface area contributed by atoms with E-state index in [4.69, 9.17) is 5.11 Å². The number of sulfonamides is 1. The summed E-state index contributed by atoms with van der Waals surface area (Å²) in [6.45, 7) is 4.75. The van der Waals surface area contributed by atoms with Gasteiger partial charge in [-0.05, 0) is 31.4 Å². The van der Waals surface area contributed by atoms with Gasteiger partial charge in [0.05, 0.1) is 12.2 Å². The molecule has 0 bridgehead atoms. The van der Waals surface area contributed by atoms with Gasteiger partial charge >= 0.3 is 0 Å². The molecule has 1 N–H and O–H groups in total. The summed E-state index contributed by atoms with van der Waals surface area (Å²) in [7, 11) is -2.72. The maximum atomic E-state index is 14.1. The monoisotopic (exact) mass is 321 g/mol. The van der Waals surface area contributed by atoms with Crippen molar-refractivity contribution in [3.8, 4) is 0 Å². The minimum Gasteiger partial charge on any atom is -0.391 e. The number of benzene rings is 1. The van der Waals surface area contributed by atoms with Crippen molar-refractivity contribution < 1.29 is 22.3 Å². The zero-order chi connectivity index (χ0) is 16.4. The minimum atomic E-state index is -4.08. The average Bonchev–Trinajstić information content (AvgIpc) is 2.37. The molecule has 7 heteroatoms. The molecule has 0 aliphatic heterocycles. The SMILES string of the molecule is CC(C)CC(C)N(C)S(=O)(=O)c1ccc(F)c(CO)c1F. The zero-order valence-corrected chi connectivity index (χ0v) is 13.4. The largest absolute Gasteiger partial charge is 0.391 e. The normalized spacial score (nSPS) is 14.0. The first kappa shape index (κ1) is 18.0. The molecule has 0 heterocycles. The maximum absolute atomic E-state index is 14.1. The third-order valence-corrected chi connectivity index (χ3v) is 5.39. The molecule has 0 aliphatic carbocycles. The highest BCUT2D eigenvalue weighted by Gasteiger charge is 2.30. The first-order valence-electron chi connectivity index (χ1n) is 6.68. The molecule has 1 aromatic carbocycles. The lowest BCUT2D eigenvalue weighted by Gasteiger charge is -2.26. The van der Waals surface area contributed by atoms with Gasteiger partial charge in [0.1, 0.15) is 10.7 Å². The van der Waals surface area contributed by atoms with Crippen LogP contribution in [0.2, 0.25) is 0 Å². The van der Waals surface area contributed by atoms with Gasteiger partial charge in [-0.2, -0.15) is 4.31 Å². The van der Waals surface area contributed by atoms with Crippen LogP contribution in [0.25, 0.3) is 0 Å². The third-order valence-electron chi connectivity index (χ3n) is 3.40. The Hall–Kier alpha value is -1.05. The molecular formula is C14H21F2NO3S. The maximum Gasteiger partial charge on any atom is 0.245 e. The Balaban J connectivity index is 3.25. The van der Waals surface area contributed by atoms with Gasteiger partial charge in [-0.1, -0.05) is 13.8 Å². The van der Waals surface area contributed by atoms with Crippen LogP contribution in [-0.2, 0) is 16.6 Å². The first-order chi connectivity index (χ1) is 9.62. The van der Waals surface area contributed by atoms with E-state index in [9.17, 15) is 17.2 Å². The van der Waals surface area contributed by atoms with Crippen molar-refractivity contribution >= 4 is 10.0 Å². The zero-order valence-electron chi connectivity index (χ0n) is 12.6. The number of hydrogen-bond acceptors (Lipinski definition) is 3. The van der Waals surface area contributed by atoms with E-state index in [1.165, 1.54) is 7.05 Å². The molecule has 1 atom stereocenters. The molecule has 4 nitrogen and oxygen atoms in total. The summed E-state index contributed by atoms with van der Waals surface area (Å²) >= 11 is 0. The fourth-order valence-corrected chi connectivity index (χ4v) is 3.60. The van der Waals surface area contributed by atoms with Crippen molar-refractivity contribution in [2.24, 2.45) is 5.92 Å². The molecule has 0 aromatic heterocycles. The Kier molecular flexibility index (Phi) is 5.83. The van der Waals surface area contributed by atoms with Gasteiger partial charge in [0.2, 0.25) is 10.0 Å². The number of rotatable bonds is 6. The van der Waals surface area contributed by atoms with Crippen LogP contribution in [0.1, 0.15) is 32.8 Å². The molecule has 1 aromatic rings. The second kappa shape index (κ2) is 6.81. The van der Waals surface area contributed by atoms with Gasteiger partial charge in [-0.15, -0.1) is 0 Å². The van der Waals surface area contributed by atoms with Crippen molar-refractivity contribution in [3.05, 3.63) is 29.3 Å². The number of aliphatic hydroxyl groups excluding tert-OH is 1. The molecular weight excluding hydrogens is 300 g/mol. The van der Waals surface area contributed by atoms with Gasteiger partial charge in [0.15, 0.2) is 5.82 Å². The van der Waals surface area contributed by atoms with E-state index in [0.29, 0.717) is 6.42 Å². The molecule has 0 spiro atoms. The van der Waals surface area contributed by atoms with Crippen molar-refractivity contribution in [3.63, 3.8) is 0 Å². The predicted molar refractivity (Wildman–Crippen MR) is 76.1 cm³/mol. The van der Waals surface area contributed by atoms with Crippen molar-refractivity contribution in [1.29, 1.82) is 0 Å². The van der Waals surface area contributed by atoms with E-state index in [1.807, 2.05) is 13.8 Å². The molecule has 1 rings (SSSR count). The van der Waals surface area contributed by atoms with Crippen LogP contribution in [0.5, 0.6) is 0 Å². The lowest BCUT2D eigenvalue weighted by atomic mass is 10.1. The predicted octanol–water partition coefficient (Wildman–Crippen LogP) is 2.51. The highest BCUT2D eigenvalue weighted by molar-refractivity contribution is 7.89. The van der Waals surface area contributed by atoms with E-state index in [-0.39, 0.29) is 12.0 Å². The number of nitrogens with zero attached hydrogens (tertiary/aromatic N) is 1. The second-order valence-corrected chi connectivity index (χ2v) is 7.46. The molecule has 0 fully saturated rings. The van der Waals surface area contributed by atoms with Crippen molar-refractivity contribution in [2.45, 2.75) is 44.7 Å². The number of aliphatic hydroxyl groups is 1. The minimum absolute atomic E-state index is 0.281. The molecule has 120 valence electrons. The fraction of sp³-hybridized carbons (Fsp3) is 0.571. The van der Waals surface area contributed by atoms with Crippen LogP contribution in [0.3, 0.4) is 0 Å². The van der Waals surface area contributed by atoms with Gasteiger partial charge in [0, 0.05) is 13.1 Å². The number of hydrogen-bond donors (Lipinski definition) is 1. The van der Waals surface area contributed by atoms with Gasteiger partial charge in [-0.3, -0.25) is 0 Å². The van der Waals surface area contributed by atoms with Crippen molar-refractivity contribution in [1.82, 2.24) is 4.31 Å². The second-order valence-electron chi connectivity index (χ2n) is 5.50. The van der Waals surface area contributed by atoms with Gasteiger partial charge < -0.3 is 5.11 Å². The standard InChI is InChI=1S/C14H21F2NO3S/c1-9(2)7-10(3)17(4)21(19,20)13-6-5-12(15)11(8-18)14(13)16/h5-6,9-10,18H,7-8H2,1-4H3. The molecule has 0 radical (unpaired) electrons. The Morgan fingerprint density at radius 3 is 2.29 bits per heavy atom. The van der Waals surface area contributed by atoms with Crippen LogP contribution in [0, 0.1) is 17.6 Å². The van der Waals surface area contributed by atoms with Crippen LogP contribution in [0.15, 0.2) is 17.0 Å². The van der Waals surface area contributed by atoms with Crippen molar-refractivity contribution in [2.75, 3.05) is 7.05 Å². The highest BCUT2D eigenvalue weighted by Crippen LogP contribution is 2.25. The summed E-state index contributed by atoms with van der Waals surface area (Å²) < 4.78 is 53.4. The fourth-order valence-electron chi connectivity index (χ4n) is 2.14.